The Morgan fingerprint density at radius 1 is 1.53 bits per heavy atom. The van der Waals surface area contributed by atoms with Crippen molar-refractivity contribution < 1.29 is 9.53 Å². The van der Waals surface area contributed by atoms with Crippen molar-refractivity contribution in [1.29, 1.82) is 0 Å². The first-order valence-electron chi connectivity index (χ1n) is 5.38. The topological polar surface area (TPSA) is 38.3 Å². The maximum Gasteiger partial charge on any atom is 0.216 e. The van der Waals surface area contributed by atoms with Crippen LogP contribution in [0.1, 0.15) is 18.9 Å². The van der Waals surface area contributed by atoms with Crippen molar-refractivity contribution in [2.45, 2.75) is 13.3 Å². The SMILES string of the molecule is COc1cc(Br)ccc1C=CCCNC(C)=O. The maximum absolute atomic E-state index is 10.7. The lowest BCUT2D eigenvalue weighted by atomic mass is 10.2. The third kappa shape index (κ3) is 5.04. The Bertz CT molecular complexity index is 416. The third-order valence-electron chi connectivity index (χ3n) is 2.18. The highest BCUT2D eigenvalue weighted by molar-refractivity contribution is 9.10. The lowest BCUT2D eigenvalue weighted by Crippen LogP contribution is -2.20. The molecule has 0 aromatic heterocycles. The molecule has 0 spiro atoms. The summed E-state index contributed by atoms with van der Waals surface area (Å²) in [6.07, 6.45) is 4.81. The number of hydrogen-bond donors (Lipinski definition) is 1. The van der Waals surface area contributed by atoms with Gasteiger partial charge in [-0.25, -0.2) is 0 Å². The number of rotatable bonds is 5. The Hall–Kier alpha value is -1.29. The van der Waals surface area contributed by atoms with Gasteiger partial charge in [0.1, 0.15) is 5.75 Å². The molecule has 1 aromatic carbocycles. The molecule has 1 rings (SSSR count). The molecule has 0 unspecified atom stereocenters. The van der Waals surface area contributed by atoms with Crippen molar-refractivity contribution in [3.05, 3.63) is 34.3 Å². The summed E-state index contributed by atoms with van der Waals surface area (Å²) in [6.45, 7) is 2.17. The largest absolute Gasteiger partial charge is 0.496 e. The van der Waals surface area contributed by atoms with Crippen LogP contribution in [0.4, 0.5) is 0 Å². The van der Waals surface area contributed by atoms with Gasteiger partial charge in [0.05, 0.1) is 7.11 Å². The number of ether oxygens (including phenoxy) is 1. The molecule has 1 N–H and O–H groups in total. The summed E-state index contributed by atoms with van der Waals surface area (Å²) in [6, 6.07) is 5.88. The molecule has 0 saturated heterocycles. The molecule has 0 radical (unpaired) electrons. The lowest BCUT2D eigenvalue weighted by Gasteiger charge is -2.05. The fraction of sp³-hybridized carbons (Fsp3) is 0.308. The van der Waals surface area contributed by atoms with Crippen LogP contribution in [0.5, 0.6) is 5.75 Å². The van der Waals surface area contributed by atoms with Crippen molar-refractivity contribution in [2.24, 2.45) is 0 Å². The predicted molar refractivity (Wildman–Crippen MR) is 73.0 cm³/mol. The number of carbonyl (C=O) groups is 1. The summed E-state index contributed by atoms with van der Waals surface area (Å²) < 4.78 is 6.26. The smallest absolute Gasteiger partial charge is 0.216 e. The van der Waals surface area contributed by atoms with E-state index in [2.05, 4.69) is 21.2 Å². The van der Waals surface area contributed by atoms with Crippen molar-refractivity contribution in [3.63, 3.8) is 0 Å². The maximum atomic E-state index is 10.7. The van der Waals surface area contributed by atoms with E-state index in [1.54, 1.807) is 7.11 Å². The molecular formula is C13H16BrNO2. The van der Waals surface area contributed by atoms with Gasteiger partial charge in [0, 0.05) is 23.5 Å². The quantitative estimate of drug-likeness (QED) is 0.849. The highest BCUT2D eigenvalue weighted by atomic mass is 79.9. The minimum atomic E-state index is -0.000350. The van der Waals surface area contributed by atoms with Gasteiger partial charge in [0.2, 0.25) is 5.91 Å². The molecule has 0 bridgehead atoms. The molecule has 0 fully saturated rings. The Morgan fingerprint density at radius 2 is 2.29 bits per heavy atom. The number of carbonyl (C=O) groups excluding carboxylic acids is 1. The molecular weight excluding hydrogens is 282 g/mol. The molecule has 17 heavy (non-hydrogen) atoms. The van der Waals surface area contributed by atoms with Crippen LogP contribution in [0.15, 0.2) is 28.7 Å². The van der Waals surface area contributed by atoms with E-state index in [1.165, 1.54) is 6.92 Å². The summed E-state index contributed by atoms with van der Waals surface area (Å²) in [5.74, 6) is 0.828. The van der Waals surface area contributed by atoms with Gasteiger partial charge in [0.25, 0.3) is 0 Å². The Morgan fingerprint density at radius 3 is 2.94 bits per heavy atom. The second-order valence-corrected chi connectivity index (χ2v) is 4.48. The standard InChI is InChI=1S/C13H16BrNO2/c1-10(16)15-8-4-3-5-11-6-7-12(14)9-13(11)17-2/h3,5-7,9H,4,8H2,1-2H3,(H,15,16). The monoisotopic (exact) mass is 297 g/mol. The fourth-order valence-electron chi connectivity index (χ4n) is 1.36. The van der Waals surface area contributed by atoms with Crippen molar-refractivity contribution in [3.8, 4) is 5.75 Å². The van der Waals surface area contributed by atoms with Gasteiger partial charge in [-0.1, -0.05) is 34.1 Å². The van der Waals surface area contributed by atoms with E-state index in [0.29, 0.717) is 6.54 Å². The van der Waals surface area contributed by atoms with Crippen LogP contribution in [0.25, 0.3) is 6.08 Å². The lowest BCUT2D eigenvalue weighted by molar-refractivity contribution is -0.118. The zero-order valence-electron chi connectivity index (χ0n) is 10.00. The van der Waals surface area contributed by atoms with Crippen molar-refractivity contribution >= 4 is 27.9 Å². The molecule has 0 atom stereocenters. The van der Waals surface area contributed by atoms with Gasteiger partial charge >= 0.3 is 0 Å². The molecule has 92 valence electrons. The number of amides is 1. The Kier molecular flexibility index (Phi) is 5.77. The van der Waals surface area contributed by atoms with Crippen LogP contribution in [0, 0.1) is 0 Å². The highest BCUT2D eigenvalue weighted by Gasteiger charge is 1.99. The van der Waals surface area contributed by atoms with E-state index < -0.39 is 0 Å². The average molecular weight is 298 g/mol. The second-order valence-electron chi connectivity index (χ2n) is 3.56. The summed E-state index contributed by atoms with van der Waals surface area (Å²) in [5, 5.41) is 2.74. The van der Waals surface area contributed by atoms with E-state index in [0.717, 1.165) is 22.2 Å². The van der Waals surface area contributed by atoms with Gasteiger partial charge in [-0.2, -0.15) is 0 Å². The van der Waals surface area contributed by atoms with Crippen LogP contribution in [0.2, 0.25) is 0 Å². The van der Waals surface area contributed by atoms with Crippen LogP contribution in [-0.2, 0) is 4.79 Å². The van der Waals surface area contributed by atoms with Gasteiger partial charge in [-0.05, 0) is 18.6 Å². The molecule has 1 amide bonds. The van der Waals surface area contributed by atoms with Crippen molar-refractivity contribution in [2.75, 3.05) is 13.7 Å². The number of hydrogen-bond acceptors (Lipinski definition) is 2. The summed E-state index contributed by atoms with van der Waals surface area (Å²) in [4.78, 5) is 10.7. The summed E-state index contributed by atoms with van der Waals surface area (Å²) >= 11 is 3.39. The number of methoxy groups -OCH3 is 1. The van der Waals surface area contributed by atoms with Crippen LogP contribution in [-0.4, -0.2) is 19.6 Å². The normalized spacial score (nSPS) is 10.5. The van der Waals surface area contributed by atoms with Crippen LogP contribution >= 0.6 is 15.9 Å². The second kappa shape index (κ2) is 7.12. The van der Waals surface area contributed by atoms with E-state index in [-0.39, 0.29) is 5.91 Å². The fourth-order valence-corrected chi connectivity index (χ4v) is 1.70. The van der Waals surface area contributed by atoms with E-state index in [9.17, 15) is 4.79 Å². The van der Waals surface area contributed by atoms with Gasteiger partial charge in [-0.3, -0.25) is 4.79 Å². The first kappa shape index (κ1) is 13.8. The predicted octanol–water partition coefficient (Wildman–Crippen LogP) is 3.00. The van der Waals surface area contributed by atoms with Gasteiger partial charge in [-0.15, -0.1) is 0 Å². The van der Waals surface area contributed by atoms with E-state index in [1.807, 2.05) is 30.4 Å². The number of nitrogens with one attached hydrogen (secondary N) is 1. The zero-order valence-corrected chi connectivity index (χ0v) is 11.6. The number of halogens is 1. The summed E-state index contributed by atoms with van der Waals surface area (Å²) in [5.41, 5.74) is 1.03. The molecule has 3 nitrogen and oxygen atoms in total. The molecule has 0 saturated carbocycles. The van der Waals surface area contributed by atoms with Crippen LogP contribution in [0.3, 0.4) is 0 Å². The minimum Gasteiger partial charge on any atom is -0.496 e. The molecule has 4 heteroatoms. The first-order chi connectivity index (χ1) is 8.13. The number of benzene rings is 1. The van der Waals surface area contributed by atoms with E-state index >= 15 is 0 Å². The summed E-state index contributed by atoms with van der Waals surface area (Å²) in [7, 11) is 1.65. The average Bonchev–Trinajstić information content (AvgIpc) is 2.29. The molecule has 0 aliphatic heterocycles. The minimum absolute atomic E-state index is 0.000350. The van der Waals surface area contributed by atoms with Crippen molar-refractivity contribution in [1.82, 2.24) is 5.32 Å². The Labute approximate surface area is 110 Å². The Balaban J connectivity index is 2.55. The molecule has 0 heterocycles. The molecule has 0 aliphatic carbocycles. The van der Waals surface area contributed by atoms with Crippen LogP contribution < -0.4 is 10.1 Å². The third-order valence-corrected chi connectivity index (χ3v) is 2.67. The molecule has 1 aromatic rings. The first-order valence-corrected chi connectivity index (χ1v) is 6.17. The van der Waals surface area contributed by atoms with Gasteiger partial charge < -0.3 is 10.1 Å². The van der Waals surface area contributed by atoms with Gasteiger partial charge in [0.15, 0.2) is 0 Å². The molecule has 0 aliphatic rings. The highest BCUT2D eigenvalue weighted by Crippen LogP contribution is 2.24. The zero-order chi connectivity index (χ0) is 12.7. The van der Waals surface area contributed by atoms with E-state index in [4.69, 9.17) is 4.74 Å².